The van der Waals surface area contributed by atoms with Crippen LogP contribution in [-0.4, -0.2) is 15.6 Å². The zero-order chi connectivity index (χ0) is 11.6. The van der Waals surface area contributed by atoms with Crippen molar-refractivity contribution in [3.63, 3.8) is 0 Å². The molecule has 4 heteroatoms. The zero-order valence-electron chi connectivity index (χ0n) is 9.20. The second-order valence-corrected chi connectivity index (χ2v) is 4.80. The van der Waals surface area contributed by atoms with Gasteiger partial charge in [0.05, 0.1) is 0 Å². The van der Waals surface area contributed by atoms with Crippen LogP contribution in [0.1, 0.15) is 43.7 Å². The Morgan fingerprint density at radius 3 is 2.67 bits per heavy atom. The van der Waals surface area contributed by atoms with Crippen molar-refractivity contribution in [2.75, 3.05) is 0 Å². The van der Waals surface area contributed by atoms with Gasteiger partial charge in [0.2, 0.25) is 0 Å². The number of rotatable bonds is 4. The maximum absolute atomic E-state index is 11.0. The summed E-state index contributed by atoms with van der Waals surface area (Å²) >= 11 is 3.31. The predicted octanol–water partition coefficient (Wildman–Crippen LogP) is 3.56. The number of carboxylic acids is 1. The van der Waals surface area contributed by atoms with Gasteiger partial charge in [-0.3, -0.25) is 0 Å². The summed E-state index contributed by atoms with van der Waals surface area (Å²) in [5.74, 6) is -0.418. The van der Waals surface area contributed by atoms with Crippen LogP contribution < -0.4 is 0 Å². The van der Waals surface area contributed by atoms with Gasteiger partial charge in [-0.1, -0.05) is 20.3 Å². The molecule has 1 aromatic heterocycles. The molecule has 1 rings (SSSR count). The predicted molar refractivity (Wildman–Crippen MR) is 63.3 cm³/mol. The number of aromatic carboxylic acids is 1. The molecule has 84 valence electrons. The number of aromatic nitrogens is 1. The third kappa shape index (κ3) is 2.62. The minimum atomic E-state index is -0.879. The van der Waals surface area contributed by atoms with Gasteiger partial charge in [0.1, 0.15) is 5.69 Å². The number of nitrogens with zero attached hydrogens (tertiary/aromatic N) is 1. The van der Waals surface area contributed by atoms with E-state index in [2.05, 4.69) is 29.8 Å². The Morgan fingerprint density at radius 1 is 1.60 bits per heavy atom. The molecule has 0 saturated carbocycles. The zero-order valence-corrected chi connectivity index (χ0v) is 10.8. The summed E-state index contributed by atoms with van der Waals surface area (Å²) < 4.78 is 2.63. The lowest BCUT2D eigenvalue weighted by Gasteiger charge is -2.21. The Morgan fingerprint density at radius 2 is 2.20 bits per heavy atom. The lowest BCUT2D eigenvalue weighted by Crippen LogP contribution is -2.17. The smallest absolute Gasteiger partial charge is 0.352 e. The molecular weight excluding hydrogens is 258 g/mol. The summed E-state index contributed by atoms with van der Waals surface area (Å²) in [6.07, 6.45) is 2.87. The summed E-state index contributed by atoms with van der Waals surface area (Å²) in [6.45, 7) is 6.29. The minimum Gasteiger partial charge on any atom is -0.477 e. The number of carboxylic acid groups (broad SMARTS) is 1. The second kappa shape index (κ2) is 4.84. The molecule has 0 aromatic carbocycles. The van der Waals surface area contributed by atoms with Crippen LogP contribution in [0.5, 0.6) is 0 Å². The molecule has 1 N–H and O–H groups in total. The first-order valence-corrected chi connectivity index (χ1v) is 5.87. The molecule has 0 spiro atoms. The van der Waals surface area contributed by atoms with E-state index in [1.165, 1.54) is 0 Å². The Bertz CT molecular complexity index is 359. The van der Waals surface area contributed by atoms with Gasteiger partial charge in [-0.25, -0.2) is 4.79 Å². The van der Waals surface area contributed by atoms with E-state index in [0.717, 1.165) is 10.9 Å². The fourth-order valence-corrected chi connectivity index (χ4v) is 2.01. The molecule has 0 amide bonds. The van der Waals surface area contributed by atoms with E-state index in [4.69, 9.17) is 5.11 Å². The van der Waals surface area contributed by atoms with E-state index in [9.17, 15) is 4.79 Å². The van der Waals surface area contributed by atoms with Crippen LogP contribution in [0.4, 0.5) is 0 Å². The molecule has 2 atom stereocenters. The molecule has 0 radical (unpaired) electrons. The number of halogens is 1. The highest BCUT2D eigenvalue weighted by atomic mass is 79.9. The monoisotopic (exact) mass is 273 g/mol. The highest BCUT2D eigenvalue weighted by molar-refractivity contribution is 9.10. The van der Waals surface area contributed by atoms with Crippen LogP contribution in [0, 0.1) is 5.92 Å². The summed E-state index contributed by atoms with van der Waals surface area (Å²) in [5, 5.41) is 9.04. The summed E-state index contributed by atoms with van der Waals surface area (Å²) in [6, 6.07) is 1.84. The molecule has 0 bridgehead atoms. The summed E-state index contributed by atoms with van der Waals surface area (Å²) in [7, 11) is 0. The first kappa shape index (κ1) is 12.3. The second-order valence-electron chi connectivity index (χ2n) is 3.88. The van der Waals surface area contributed by atoms with Gasteiger partial charge in [-0.05, 0) is 34.8 Å². The van der Waals surface area contributed by atoms with Crippen molar-refractivity contribution in [3.8, 4) is 0 Å². The molecule has 0 aliphatic heterocycles. The molecular formula is C11H16BrNO2. The van der Waals surface area contributed by atoms with Crippen molar-refractivity contribution in [1.82, 2.24) is 4.57 Å². The van der Waals surface area contributed by atoms with Crippen molar-refractivity contribution in [3.05, 3.63) is 22.4 Å². The van der Waals surface area contributed by atoms with E-state index >= 15 is 0 Å². The summed E-state index contributed by atoms with van der Waals surface area (Å²) in [4.78, 5) is 11.0. The minimum absolute atomic E-state index is 0.201. The van der Waals surface area contributed by atoms with Gasteiger partial charge < -0.3 is 9.67 Å². The van der Waals surface area contributed by atoms with Crippen molar-refractivity contribution >= 4 is 21.9 Å². The van der Waals surface area contributed by atoms with Crippen molar-refractivity contribution in [1.29, 1.82) is 0 Å². The Balaban J connectivity index is 3.07. The first-order chi connectivity index (χ1) is 6.97. The molecule has 0 aliphatic rings. The maximum Gasteiger partial charge on any atom is 0.352 e. The van der Waals surface area contributed by atoms with Gasteiger partial charge in [0.15, 0.2) is 0 Å². The van der Waals surface area contributed by atoms with Crippen molar-refractivity contribution in [2.24, 2.45) is 5.92 Å². The number of carbonyl (C=O) groups is 1. The molecule has 1 heterocycles. The highest BCUT2D eigenvalue weighted by Crippen LogP contribution is 2.26. The van der Waals surface area contributed by atoms with Crippen LogP contribution in [-0.2, 0) is 0 Å². The van der Waals surface area contributed by atoms with Crippen LogP contribution in [0.25, 0.3) is 0 Å². The Kier molecular flexibility index (Phi) is 3.97. The highest BCUT2D eigenvalue weighted by Gasteiger charge is 2.19. The van der Waals surface area contributed by atoms with Gasteiger partial charge in [-0.2, -0.15) is 0 Å². The molecule has 2 unspecified atom stereocenters. The van der Waals surface area contributed by atoms with Crippen molar-refractivity contribution in [2.45, 2.75) is 33.2 Å². The van der Waals surface area contributed by atoms with Crippen LogP contribution in [0.2, 0.25) is 0 Å². The number of hydrogen-bond acceptors (Lipinski definition) is 1. The Hall–Kier alpha value is -0.770. The maximum atomic E-state index is 11.0. The Labute approximate surface area is 98.2 Å². The largest absolute Gasteiger partial charge is 0.477 e. The van der Waals surface area contributed by atoms with E-state index < -0.39 is 5.97 Å². The van der Waals surface area contributed by atoms with E-state index in [1.807, 2.05) is 17.7 Å². The quantitative estimate of drug-likeness (QED) is 0.912. The molecule has 0 saturated heterocycles. The molecule has 0 aliphatic carbocycles. The topological polar surface area (TPSA) is 42.2 Å². The van der Waals surface area contributed by atoms with Gasteiger partial charge in [-0.15, -0.1) is 0 Å². The lowest BCUT2D eigenvalue weighted by molar-refractivity contribution is 0.0681. The fraction of sp³-hybridized carbons (Fsp3) is 0.545. The number of hydrogen-bond donors (Lipinski definition) is 1. The third-order valence-electron chi connectivity index (χ3n) is 2.94. The van der Waals surface area contributed by atoms with Gasteiger partial charge in [0, 0.05) is 16.7 Å². The van der Waals surface area contributed by atoms with Crippen molar-refractivity contribution < 1.29 is 9.90 Å². The molecule has 0 fully saturated rings. The normalized spacial score (nSPS) is 14.9. The fourth-order valence-electron chi connectivity index (χ4n) is 1.57. The van der Waals surface area contributed by atoms with Gasteiger partial charge in [0.25, 0.3) is 0 Å². The lowest BCUT2D eigenvalue weighted by atomic mass is 10.0. The van der Waals surface area contributed by atoms with Crippen LogP contribution in [0.3, 0.4) is 0 Å². The van der Waals surface area contributed by atoms with E-state index in [1.54, 1.807) is 6.07 Å². The average Bonchev–Trinajstić information content (AvgIpc) is 2.58. The molecule has 15 heavy (non-hydrogen) atoms. The van der Waals surface area contributed by atoms with E-state index in [-0.39, 0.29) is 6.04 Å². The first-order valence-electron chi connectivity index (χ1n) is 5.08. The third-order valence-corrected chi connectivity index (χ3v) is 3.37. The standard InChI is InChI=1S/C11H16BrNO2/c1-4-7(2)8(3)13-6-9(12)5-10(13)11(14)15/h5-8H,4H2,1-3H3,(H,14,15). The average molecular weight is 274 g/mol. The van der Waals surface area contributed by atoms with Crippen LogP contribution in [0.15, 0.2) is 16.7 Å². The molecule has 1 aromatic rings. The van der Waals surface area contributed by atoms with E-state index in [0.29, 0.717) is 11.6 Å². The molecule has 3 nitrogen and oxygen atoms in total. The summed E-state index contributed by atoms with van der Waals surface area (Å²) in [5.41, 5.74) is 0.342. The van der Waals surface area contributed by atoms with Crippen LogP contribution >= 0.6 is 15.9 Å². The van der Waals surface area contributed by atoms with Gasteiger partial charge >= 0.3 is 5.97 Å². The SMILES string of the molecule is CCC(C)C(C)n1cc(Br)cc1C(=O)O.